The second-order valence-corrected chi connectivity index (χ2v) is 5.05. The van der Waals surface area contributed by atoms with Crippen LogP contribution in [0.3, 0.4) is 0 Å². The summed E-state index contributed by atoms with van der Waals surface area (Å²) in [5, 5.41) is 0.427. The van der Waals surface area contributed by atoms with Gasteiger partial charge in [0.2, 0.25) is 0 Å². The van der Waals surface area contributed by atoms with Gasteiger partial charge in [-0.15, -0.1) is 11.3 Å². The fourth-order valence-corrected chi connectivity index (χ4v) is 2.83. The summed E-state index contributed by atoms with van der Waals surface area (Å²) in [6.45, 7) is 0.550. The Hall–Kier alpha value is -0.840. The number of ether oxygens (including phenoxy) is 1. The zero-order valence-corrected chi connectivity index (χ0v) is 10.6. The maximum Gasteiger partial charge on any atom is 0.348 e. The highest BCUT2D eigenvalue weighted by molar-refractivity contribution is 7.18. The maximum absolute atomic E-state index is 11.3. The number of hydrogen-bond acceptors (Lipinski definition) is 4. The van der Waals surface area contributed by atoms with Crippen molar-refractivity contribution in [2.75, 3.05) is 13.7 Å². The minimum Gasteiger partial charge on any atom is -0.465 e. The Balaban J connectivity index is 2.40. The second kappa shape index (κ2) is 4.57. The summed E-state index contributed by atoms with van der Waals surface area (Å²) in [4.78, 5) is 15.8. The van der Waals surface area contributed by atoms with E-state index in [0.29, 0.717) is 20.9 Å². The first-order valence-electron chi connectivity index (χ1n) is 4.42. The molecule has 1 aromatic heterocycles. The summed E-state index contributed by atoms with van der Waals surface area (Å²) in [5.74, 6) is -0.398. The molecule has 2 heterocycles. The van der Waals surface area contributed by atoms with Gasteiger partial charge >= 0.3 is 5.97 Å². The third kappa shape index (κ3) is 2.00. The third-order valence-electron chi connectivity index (χ3n) is 2.11. The Morgan fingerprint density at radius 1 is 1.56 bits per heavy atom. The average Bonchev–Trinajstić information content (AvgIpc) is 2.83. The highest BCUT2D eigenvalue weighted by atomic mass is 35.5. The van der Waals surface area contributed by atoms with Crippen LogP contribution in [0, 0.1) is 0 Å². The SMILES string of the molecule is COC(=O)c1cc(C2=CCN=C2Cl)c(Cl)s1. The first-order valence-corrected chi connectivity index (χ1v) is 5.99. The van der Waals surface area contributed by atoms with Crippen LogP contribution >= 0.6 is 34.5 Å². The van der Waals surface area contributed by atoms with Gasteiger partial charge in [-0.2, -0.15) is 0 Å². The van der Waals surface area contributed by atoms with E-state index in [-0.39, 0.29) is 0 Å². The number of hydrogen-bond donors (Lipinski definition) is 0. The van der Waals surface area contributed by atoms with Crippen LogP contribution in [0.1, 0.15) is 15.2 Å². The van der Waals surface area contributed by atoms with E-state index in [0.717, 1.165) is 11.1 Å². The Morgan fingerprint density at radius 3 is 2.88 bits per heavy atom. The molecule has 84 valence electrons. The lowest BCUT2D eigenvalue weighted by Gasteiger charge is -1.97. The number of carbonyl (C=O) groups excluding carboxylic acids is 1. The fourth-order valence-electron chi connectivity index (χ4n) is 1.36. The van der Waals surface area contributed by atoms with Crippen molar-refractivity contribution in [3.8, 4) is 0 Å². The number of aliphatic imine (C=N–C) groups is 1. The largest absolute Gasteiger partial charge is 0.465 e. The number of allylic oxidation sites excluding steroid dienone is 1. The summed E-state index contributed by atoms with van der Waals surface area (Å²) in [6.07, 6.45) is 1.87. The smallest absolute Gasteiger partial charge is 0.348 e. The van der Waals surface area contributed by atoms with Gasteiger partial charge in [-0.25, -0.2) is 4.79 Å². The van der Waals surface area contributed by atoms with E-state index in [1.165, 1.54) is 18.4 Å². The molecule has 1 aromatic rings. The lowest BCUT2D eigenvalue weighted by atomic mass is 10.1. The zero-order chi connectivity index (χ0) is 11.7. The lowest BCUT2D eigenvalue weighted by molar-refractivity contribution is 0.0606. The molecule has 0 bridgehead atoms. The maximum atomic E-state index is 11.3. The van der Waals surface area contributed by atoms with Crippen molar-refractivity contribution < 1.29 is 9.53 Å². The summed E-state index contributed by atoms with van der Waals surface area (Å²) < 4.78 is 5.14. The predicted octanol–water partition coefficient (Wildman–Crippen LogP) is 3.22. The molecule has 3 nitrogen and oxygen atoms in total. The number of nitrogens with zero attached hydrogens (tertiary/aromatic N) is 1. The van der Waals surface area contributed by atoms with E-state index in [2.05, 4.69) is 9.73 Å². The van der Waals surface area contributed by atoms with Crippen molar-refractivity contribution in [3.05, 3.63) is 26.9 Å². The van der Waals surface area contributed by atoms with E-state index in [9.17, 15) is 4.79 Å². The predicted molar refractivity (Wildman–Crippen MR) is 66.8 cm³/mol. The molecule has 0 spiro atoms. The van der Waals surface area contributed by atoms with E-state index >= 15 is 0 Å². The van der Waals surface area contributed by atoms with Gasteiger partial charge in [-0.1, -0.05) is 29.3 Å². The molecule has 0 unspecified atom stereocenters. The van der Waals surface area contributed by atoms with Crippen molar-refractivity contribution in [3.63, 3.8) is 0 Å². The summed E-state index contributed by atoms with van der Waals surface area (Å²) in [7, 11) is 1.33. The minimum atomic E-state index is -0.398. The van der Waals surface area contributed by atoms with Crippen molar-refractivity contribution in [2.45, 2.75) is 0 Å². The average molecular weight is 276 g/mol. The quantitative estimate of drug-likeness (QED) is 0.778. The molecule has 0 radical (unpaired) electrons. The molecule has 0 amide bonds. The first-order chi connectivity index (χ1) is 7.63. The third-order valence-corrected chi connectivity index (χ3v) is 3.77. The van der Waals surface area contributed by atoms with Crippen LogP contribution in [0.4, 0.5) is 0 Å². The molecule has 0 N–H and O–H groups in total. The van der Waals surface area contributed by atoms with Crippen molar-refractivity contribution in [1.29, 1.82) is 0 Å². The van der Waals surface area contributed by atoms with Gasteiger partial charge in [0.15, 0.2) is 0 Å². The van der Waals surface area contributed by atoms with Gasteiger partial charge < -0.3 is 4.74 Å². The van der Waals surface area contributed by atoms with Crippen LogP contribution in [-0.2, 0) is 4.74 Å². The molecule has 1 aliphatic heterocycles. The second-order valence-electron chi connectivity index (χ2n) is 3.04. The number of methoxy groups -OCH3 is 1. The molecule has 6 heteroatoms. The monoisotopic (exact) mass is 275 g/mol. The number of halogens is 2. The molecule has 0 saturated heterocycles. The van der Waals surface area contributed by atoms with Gasteiger partial charge in [-0.05, 0) is 6.07 Å². The summed E-state index contributed by atoms with van der Waals surface area (Å²) in [6, 6.07) is 1.67. The van der Waals surface area contributed by atoms with Crippen molar-refractivity contribution >= 4 is 51.3 Å². The van der Waals surface area contributed by atoms with Crippen molar-refractivity contribution in [1.82, 2.24) is 0 Å². The lowest BCUT2D eigenvalue weighted by Crippen LogP contribution is -1.97. The molecule has 1 aliphatic rings. The summed E-state index contributed by atoms with van der Waals surface area (Å²) >= 11 is 13.1. The molecule has 16 heavy (non-hydrogen) atoms. The van der Waals surface area contributed by atoms with Crippen LogP contribution in [-0.4, -0.2) is 24.8 Å². The molecule has 2 rings (SSSR count). The molecule has 0 fully saturated rings. The number of carbonyl (C=O) groups is 1. The van der Waals surface area contributed by atoms with E-state index < -0.39 is 5.97 Å². The molecule has 0 saturated carbocycles. The number of rotatable bonds is 2. The Bertz CT molecular complexity index is 505. The van der Waals surface area contributed by atoms with Gasteiger partial charge in [-0.3, -0.25) is 4.99 Å². The molecular formula is C10H7Cl2NO2S. The molecule has 0 atom stereocenters. The highest BCUT2D eigenvalue weighted by Gasteiger charge is 2.20. The van der Waals surface area contributed by atoms with Gasteiger partial charge in [0, 0.05) is 11.1 Å². The van der Waals surface area contributed by atoms with Crippen LogP contribution in [0.2, 0.25) is 4.34 Å². The first kappa shape index (κ1) is 11.6. The van der Waals surface area contributed by atoms with Crippen LogP contribution in [0.5, 0.6) is 0 Å². The van der Waals surface area contributed by atoms with Crippen LogP contribution < -0.4 is 0 Å². The van der Waals surface area contributed by atoms with Gasteiger partial charge in [0.1, 0.15) is 14.4 Å². The zero-order valence-electron chi connectivity index (χ0n) is 8.29. The molecule has 0 aromatic carbocycles. The van der Waals surface area contributed by atoms with E-state index in [1.807, 2.05) is 6.08 Å². The summed E-state index contributed by atoms with van der Waals surface area (Å²) in [5.41, 5.74) is 1.51. The van der Waals surface area contributed by atoms with E-state index in [1.54, 1.807) is 6.07 Å². The van der Waals surface area contributed by atoms with E-state index in [4.69, 9.17) is 23.2 Å². The Labute approximate surface area is 106 Å². The topological polar surface area (TPSA) is 38.7 Å². The molecule has 0 aliphatic carbocycles. The van der Waals surface area contributed by atoms with Gasteiger partial charge in [0.25, 0.3) is 0 Å². The van der Waals surface area contributed by atoms with Gasteiger partial charge in [0.05, 0.1) is 13.7 Å². The highest BCUT2D eigenvalue weighted by Crippen LogP contribution is 2.35. The normalized spacial score (nSPS) is 14.7. The van der Waals surface area contributed by atoms with Crippen LogP contribution in [0.15, 0.2) is 17.1 Å². The standard InChI is InChI=1S/C10H7Cl2NO2S/c1-15-10(14)7-4-6(9(12)16-7)5-2-3-13-8(5)11/h2,4H,3H2,1H3. The van der Waals surface area contributed by atoms with Crippen molar-refractivity contribution in [2.24, 2.45) is 4.99 Å². The Morgan fingerprint density at radius 2 is 2.31 bits per heavy atom. The van der Waals surface area contributed by atoms with Crippen LogP contribution in [0.25, 0.3) is 5.57 Å². The Kier molecular flexibility index (Phi) is 3.33. The fraction of sp³-hybridized carbons (Fsp3) is 0.200. The molecular weight excluding hydrogens is 269 g/mol. The number of esters is 1. The number of thiophene rings is 1. The minimum absolute atomic E-state index is 0.398.